The minimum atomic E-state index is -3.11. The number of carbonyl (C=O) groups excluding carboxylic acids is 1. The predicted octanol–water partition coefficient (Wildman–Crippen LogP) is -4.23. The molecule has 7 atom stereocenters. The van der Waals surface area contributed by atoms with Gasteiger partial charge < -0.3 is 41.1 Å². The number of aliphatic hydroxyl groups is 5. The standard InChI is InChI=1S/C11H19NO9/c1-3(14)5-8(17)6(12)9(7(16)4(15)2-13)21-11(5,20)10(18)19/h4-9,13,15-17,20H,2,12H2,1H3,(H,18,19)/t4-,5?,6-,7-,8+,9-,11?/m1/s1. The average molecular weight is 309 g/mol. The van der Waals surface area contributed by atoms with Crippen molar-refractivity contribution in [3.8, 4) is 0 Å². The van der Waals surface area contributed by atoms with Gasteiger partial charge in [0.05, 0.1) is 18.8 Å². The molecule has 0 aliphatic carbocycles. The van der Waals surface area contributed by atoms with E-state index in [1.165, 1.54) is 0 Å². The number of hydrogen-bond donors (Lipinski definition) is 7. The second-order valence-electron chi connectivity index (χ2n) is 4.98. The van der Waals surface area contributed by atoms with E-state index in [4.69, 9.17) is 20.7 Å². The Labute approximate surface area is 119 Å². The van der Waals surface area contributed by atoms with Crippen molar-refractivity contribution in [1.82, 2.24) is 0 Å². The van der Waals surface area contributed by atoms with E-state index in [9.17, 15) is 30.0 Å². The monoisotopic (exact) mass is 309 g/mol. The van der Waals surface area contributed by atoms with Gasteiger partial charge in [-0.3, -0.25) is 4.79 Å². The summed E-state index contributed by atoms with van der Waals surface area (Å²) >= 11 is 0. The van der Waals surface area contributed by atoms with Gasteiger partial charge in [0.15, 0.2) is 0 Å². The number of aliphatic carboxylic acids is 1. The summed E-state index contributed by atoms with van der Waals surface area (Å²) in [6, 6.07) is -1.46. The van der Waals surface area contributed by atoms with E-state index in [0.29, 0.717) is 0 Å². The Bertz CT molecular complexity index is 416. The van der Waals surface area contributed by atoms with Gasteiger partial charge in [-0.25, -0.2) is 4.79 Å². The van der Waals surface area contributed by atoms with Gasteiger partial charge in [0.2, 0.25) is 0 Å². The maximum atomic E-state index is 11.5. The molecule has 10 nitrogen and oxygen atoms in total. The van der Waals surface area contributed by atoms with E-state index in [-0.39, 0.29) is 0 Å². The second kappa shape index (κ2) is 6.32. The largest absolute Gasteiger partial charge is 0.477 e. The SMILES string of the molecule is CC(=O)C1[C@H](O)[C@@H](N)[C@H]([C@H](O)[C@H](O)CO)OC1(O)C(=O)O. The molecule has 1 aliphatic heterocycles. The van der Waals surface area contributed by atoms with Crippen LogP contribution >= 0.6 is 0 Å². The fraction of sp³-hybridized carbons (Fsp3) is 0.818. The molecule has 1 rings (SSSR count). The third kappa shape index (κ3) is 3.06. The zero-order valence-electron chi connectivity index (χ0n) is 11.2. The summed E-state index contributed by atoms with van der Waals surface area (Å²) < 4.78 is 4.81. The Morgan fingerprint density at radius 3 is 2.29 bits per heavy atom. The number of carbonyl (C=O) groups is 2. The highest BCUT2D eigenvalue weighted by Crippen LogP contribution is 2.35. The second-order valence-corrected chi connectivity index (χ2v) is 4.98. The normalized spacial score (nSPS) is 39.6. The fourth-order valence-corrected chi connectivity index (χ4v) is 2.33. The molecule has 1 saturated heterocycles. The number of nitrogens with two attached hydrogens (primary N) is 1. The molecule has 21 heavy (non-hydrogen) atoms. The molecular weight excluding hydrogens is 290 g/mol. The highest BCUT2D eigenvalue weighted by atomic mass is 16.7. The van der Waals surface area contributed by atoms with Gasteiger partial charge in [-0.05, 0) is 6.92 Å². The topological polar surface area (TPSA) is 191 Å². The van der Waals surface area contributed by atoms with Crippen molar-refractivity contribution in [2.45, 2.75) is 43.2 Å². The number of aliphatic hydroxyl groups excluding tert-OH is 4. The molecule has 1 heterocycles. The molecule has 2 unspecified atom stereocenters. The Balaban J connectivity index is 3.19. The predicted molar refractivity (Wildman–Crippen MR) is 64.7 cm³/mol. The van der Waals surface area contributed by atoms with Gasteiger partial charge >= 0.3 is 5.97 Å². The van der Waals surface area contributed by atoms with Crippen molar-refractivity contribution in [1.29, 1.82) is 0 Å². The molecule has 0 amide bonds. The van der Waals surface area contributed by atoms with Crippen molar-refractivity contribution in [3.63, 3.8) is 0 Å². The minimum Gasteiger partial charge on any atom is -0.477 e. The lowest BCUT2D eigenvalue weighted by atomic mass is 9.79. The van der Waals surface area contributed by atoms with Crippen LogP contribution in [-0.2, 0) is 14.3 Å². The molecule has 0 aromatic heterocycles. The van der Waals surface area contributed by atoms with Crippen molar-refractivity contribution >= 4 is 11.8 Å². The third-order valence-corrected chi connectivity index (χ3v) is 3.51. The van der Waals surface area contributed by atoms with Crippen molar-refractivity contribution in [2.75, 3.05) is 6.61 Å². The van der Waals surface area contributed by atoms with Crippen LogP contribution in [0.15, 0.2) is 0 Å². The molecule has 0 aromatic rings. The Morgan fingerprint density at radius 1 is 1.38 bits per heavy atom. The number of hydrogen-bond acceptors (Lipinski definition) is 9. The van der Waals surface area contributed by atoms with E-state index in [1.807, 2.05) is 0 Å². The van der Waals surface area contributed by atoms with Crippen molar-refractivity contribution < 1.29 is 45.0 Å². The number of ether oxygens (including phenoxy) is 1. The van der Waals surface area contributed by atoms with Gasteiger partial charge in [0, 0.05) is 0 Å². The molecule has 0 radical (unpaired) electrons. The summed E-state index contributed by atoms with van der Waals surface area (Å²) in [6.07, 6.45) is -7.15. The summed E-state index contributed by atoms with van der Waals surface area (Å²) in [5.41, 5.74) is 5.58. The van der Waals surface area contributed by atoms with Crippen molar-refractivity contribution in [2.24, 2.45) is 11.7 Å². The smallest absolute Gasteiger partial charge is 0.365 e. The zero-order chi connectivity index (χ0) is 16.5. The molecule has 0 saturated carbocycles. The van der Waals surface area contributed by atoms with Crippen LogP contribution in [0.2, 0.25) is 0 Å². The van der Waals surface area contributed by atoms with E-state index in [0.717, 1.165) is 6.92 Å². The number of Topliss-reactive ketones (excluding diaryl/α,β-unsaturated/α-hetero) is 1. The lowest BCUT2D eigenvalue weighted by Crippen LogP contribution is -2.71. The molecule has 0 spiro atoms. The van der Waals surface area contributed by atoms with E-state index in [2.05, 4.69) is 0 Å². The summed E-state index contributed by atoms with van der Waals surface area (Å²) in [5, 5.41) is 56.9. The highest BCUT2D eigenvalue weighted by molar-refractivity contribution is 5.88. The third-order valence-electron chi connectivity index (χ3n) is 3.51. The number of rotatable bonds is 5. The molecule has 1 fully saturated rings. The lowest BCUT2D eigenvalue weighted by molar-refractivity contribution is -0.311. The molecule has 122 valence electrons. The van der Waals surface area contributed by atoms with Gasteiger partial charge in [-0.1, -0.05) is 0 Å². The Morgan fingerprint density at radius 2 is 1.90 bits per heavy atom. The molecule has 10 heteroatoms. The first-order chi connectivity index (χ1) is 9.57. The highest BCUT2D eigenvalue weighted by Gasteiger charge is 2.60. The number of carboxylic acids is 1. The molecule has 1 aliphatic rings. The van der Waals surface area contributed by atoms with Crippen LogP contribution in [0.3, 0.4) is 0 Å². The molecule has 0 bridgehead atoms. The van der Waals surface area contributed by atoms with Crippen LogP contribution < -0.4 is 5.73 Å². The Hall–Kier alpha value is -1.14. The molecule has 8 N–H and O–H groups in total. The first kappa shape index (κ1) is 17.9. The van der Waals surface area contributed by atoms with Crippen LogP contribution in [-0.4, -0.2) is 85.2 Å². The Kier molecular flexibility index (Phi) is 5.39. The van der Waals surface area contributed by atoms with Crippen LogP contribution in [0.25, 0.3) is 0 Å². The number of ketones is 1. The fourth-order valence-electron chi connectivity index (χ4n) is 2.33. The first-order valence-corrected chi connectivity index (χ1v) is 6.12. The molecule has 0 aromatic carbocycles. The van der Waals surface area contributed by atoms with Crippen molar-refractivity contribution in [3.05, 3.63) is 0 Å². The first-order valence-electron chi connectivity index (χ1n) is 6.12. The quantitative estimate of drug-likeness (QED) is 0.262. The number of carboxylic acid groups (broad SMARTS) is 1. The zero-order valence-corrected chi connectivity index (χ0v) is 11.2. The minimum absolute atomic E-state index is 0.876. The van der Waals surface area contributed by atoms with Gasteiger partial charge in [0.25, 0.3) is 5.79 Å². The van der Waals surface area contributed by atoms with E-state index < -0.39 is 60.5 Å². The maximum Gasteiger partial charge on any atom is 0.365 e. The summed E-state index contributed by atoms with van der Waals surface area (Å²) in [5.74, 6) is -7.80. The lowest BCUT2D eigenvalue weighted by Gasteiger charge is -2.47. The van der Waals surface area contributed by atoms with Gasteiger partial charge in [0.1, 0.15) is 30.0 Å². The summed E-state index contributed by atoms with van der Waals surface area (Å²) in [6.45, 7) is 0.0582. The summed E-state index contributed by atoms with van der Waals surface area (Å²) in [7, 11) is 0. The van der Waals surface area contributed by atoms with E-state index >= 15 is 0 Å². The van der Waals surface area contributed by atoms with Crippen LogP contribution in [0.5, 0.6) is 0 Å². The van der Waals surface area contributed by atoms with Crippen LogP contribution in [0.4, 0.5) is 0 Å². The molecular formula is C11H19NO9. The average Bonchev–Trinajstić information content (AvgIpc) is 2.40. The van der Waals surface area contributed by atoms with E-state index in [1.54, 1.807) is 0 Å². The van der Waals surface area contributed by atoms with Crippen LogP contribution in [0, 0.1) is 5.92 Å². The van der Waals surface area contributed by atoms with Crippen LogP contribution in [0.1, 0.15) is 6.92 Å². The van der Waals surface area contributed by atoms with Gasteiger partial charge in [-0.15, -0.1) is 0 Å². The van der Waals surface area contributed by atoms with Gasteiger partial charge in [-0.2, -0.15) is 0 Å². The summed E-state index contributed by atoms with van der Waals surface area (Å²) in [4.78, 5) is 22.6. The maximum absolute atomic E-state index is 11.5.